The van der Waals surface area contributed by atoms with Crippen molar-refractivity contribution < 1.29 is 0 Å². The summed E-state index contributed by atoms with van der Waals surface area (Å²) < 4.78 is 11.4. The summed E-state index contributed by atoms with van der Waals surface area (Å²) in [7, 11) is 0. The molecule has 30 rings (SSSR count). The van der Waals surface area contributed by atoms with Crippen LogP contribution < -0.4 is 0 Å². The number of nitrogens with zero attached hydrogens (tertiary/aromatic N) is 19. The fourth-order valence-corrected chi connectivity index (χ4v) is 21.4. The average Bonchev–Trinajstić information content (AvgIpc) is 1.53. The van der Waals surface area contributed by atoms with Gasteiger partial charge in [-0.3, -0.25) is 39.0 Å². The van der Waals surface area contributed by atoms with E-state index in [1.54, 1.807) is 0 Å². The van der Waals surface area contributed by atoms with Crippen LogP contribution >= 0.6 is 0 Å². The Labute approximate surface area is 807 Å². The quantitative estimate of drug-likeness (QED) is 0.127. The molecule has 0 fully saturated rings. The summed E-state index contributed by atoms with van der Waals surface area (Å²) in [5.74, 6) is 4.20. The predicted octanol–water partition coefficient (Wildman–Crippen LogP) is 28.3. The number of fused-ring (bicyclic) bond motifs is 31. The number of H-pyrrole nitrogens is 1. The van der Waals surface area contributed by atoms with Gasteiger partial charge in [0, 0.05) is 158 Å². The minimum absolute atomic E-state index is 0.532. The van der Waals surface area contributed by atoms with Gasteiger partial charge >= 0.3 is 0 Å². The van der Waals surface area contributed by atoms with Gasteiger partial charge in [-0.2, -0.15) is 9.97 Å². The van der Waals surface area contributed by atoms with Crippen LogP contribution in [0.3, 0.4) is 0 Å². The van der Waals surface area contributed by atoms with Crippen molar-refractivity contribution in [2.45, 2.75) is 0 Å². The van der Waals surface area contributed by atoms with E-state index in [1.165, 1.54) is 43.1 Å². The van der Waals surface area contributed by atoms with Crippen molar-refractivity contribution in [3.8, 4) is 97.2 Å². The largest absolute Gasteiger partial charge is 0.351 e. The fraction of sp³-hybridized carbons (Fsp3) is 0. The first-order chi connectivity index (χ1) is 70.5. The van der Waals surface area contributed by atoms with Crippen molar-refractivity contribution >= 4 is 174 Å². The lowest BCUT2D eigenvalue weighted by molar-refractivity contribution is 0.953. The van der Waals surface area contributed by atoms with Crippen molar-refractivity contribution in [2.24, 2.45) is 0 Å². The van der Waals surface area contributed by atoms with E-state index in [0.717, 1.165) is 187 Å². The number of hydrogen-bond donors (Lipinski definition) is 1. The van der Waals surface area contributed by atoms with Gasteiger partial charge in [0.25, 0.3) is 0 Å². The van der Waals surface area contributed by atoms with Gasteiger partial charge in [-0.05, 0) is 111 Å². The number of benzene rings is 15. The van der Waals surface area contributed by atoms with Crippen molar-refractivity contribution in [1.29, 1.82) is 0 Å². The Bertz CT molecular complexity index is 10200. The standard InChI is InChI=1S/C47H29N7.C40H24N6.C35H21N7/c1-4-13-30(14-5-1)45-50-46(31-15-6-2-7-16-31)52-47(51-45)32-17-12-20-34(27-32)54-40-29-49-26-24-38(40)42-36-22-11-10-21-35(36)41-37-23-25-48-28-39(37)53(43(41)44(42)54)33-18-8-3-9-19-33;1-3-11-25(12-4-1)37-29-17-9-10-18-32(29)43-40(44-37)46-34-24-42-22-20-31(34)36-28-16-8-7-15-27(28)35-30-19-21-41-23-33(30)45(38(35)39(36)46)26-13-5-2-6-14-26;1-3-9-21(10-4-1)33-39-34(22-11-5-2-6-12-22)41-35(40-33)42-28-20-37-18-16-26(28)30-24-14-8-7-13-23(24)29-25-15-17-36-19-27(25)38-31(29)32(30)42/h1-29H;1-24H;1-20,38H. The number of pyridine rings is 6. The van der Waals surface area contributed by atoms with Gasteiger partial charge in [-0.1, -0.05) is 291 Å². The maximum Gasteiger partial charge on any atom is 0.238 e. The highest BCUT2D eigenvalue weighted by molar-refractivity contribution is 6.39. The summed E-state index contributed by atoms with van der Waals surface area (Å²) in [6.07, 6.45) is 22.9. The van der Waals surface area contributed by atoms with Gasteiger partial charge in [-0.15, -0.1) is 0 Å². The molecule has 30 aromatic rings. The summed E-state index contributed by atoms with van der Waals surface area (Å²) in [6, 6.07) is 127. The fourth-order valence-electron chi connectivity index (χ4n) is 21.4. The summed E-state index contributed by atoms with van der Waals surface area (Å²) >= 11 is 0. The second kappa shape index (κ2) is 33.0. The lowest BCUT2D eigenvalue weighted by Gasteiger charge is -2.14. The van der Waals surface area contributed by atoms with Crippen LogP contribution in [0.25, 0.3) is 271 Å². The van der Waals surface area contributed by atoms with Gasteiger partial charge in [0.1, 0.15) is 0 Å². The zero-order valence-corrected chi connectivity index (χ0v) is 75.6. The van der Waals surface area contributed by atoms with Crippen LogP contribution in [0.1, 0.15) is 0 Å². The van der Waals surface area contributed by atoms with Crippen LogP contribution in [0, 0.1) is 0 Å². The Morgan fingerprint density at radius 3 is 0.873 bits per heavy atom. The highest BCUT2D eigenvalue weighted by Crippen LogP contribution is 2.51. The Balaban J connectivity index is 0.000000105. The molecule has 0 bridgehead atoms. The van der Waals surface area contributed by atoms with Crippen LogP contribution in [-0.4, -0.2) is 97.6 Å². The van der Waals surface area contributed by atoms with E-state index in [4.69, 9.17) is 39.9 Å². The van der Waals surface area contributed by atoms with Crippen molar-refractivity contribution in [3.05, 3.63) is 444 Å². The van der Waals surface area contributed by atoms with Crippen LogP contribution in [0.5, 0.6) is 0 Å². The highest BCUT2D eigenvalue weighted by Gasteiger charge is 2.31. The Hall–Kier alpha value is -19.9. The van der Waals surface area contributed by atoms with Crippen molar-refractivity contribution in [1.82, 2.24) is 97.6 Å². The van der Waals surface area contributed by atoms with Crippen LogP contribution in [0.4, 0.5) is 0 Å². The first kappa shape index (κ1) is 80.6. The Morgan fingerprint density at radius 2 is 0.465 bits per heavy atom. The van der Waals surface area contributed by atoms with Crippen LogP contribution in [-0.2, 0) is 0 Å². The molecule has 0 amide bonds. The van der Waals surface area contributed by atoms with E-state index in [1.807, 2.05) is 214 Å². The molecule has 0 aliphatic carbocycles. The van der Waals surface area contributed by atoms with Gasteiger partial charge in [0.05, 0.1) is 115 Å². The molecule has 20 heteroatoms. The maximum atomic E-state index is 5.36. The number of rotatable bonds is 11. The topological polar surface area (TPSA) is 221 Å². The summed E-state index contributed by atoms with van der Waals surface area (Å²) in [4.78, 5) is 72.0. The molecule has 1 N–H and O–H groups in total. The molecule has 0 unspecified atom stereocenters. The smallest absolute Gasteiger partial charge is 0.238 e. The number of hydrogen-bond acceptors (Lipinski definition) is 14. The molecule has 20 nitrogen and oxygen atoms in total. The second-order valence-corrected chi connectivity index (χ2v) is 35.2. The molecule has 15 aromatic heterocycles. The van der Waals surface area contributed by atoms with Crippen LogP contribution in [0.15, 0.2) is 444 Å². The third kappa shape index (κ3) is 12.9. The molecule has 142 heavy (non-hydrogen) atoms. The van der Waals surface area contributed by atoms with Crippen molar-refractivity contribution in [3.63, 3.8) is 0 Å². The zero-order chi connectivity index (χ0) is 93.4. The zero-order valence-electron chi connectivity index (χ0n) is 75.6. The Kier molecular flexibility index (Phi) is 18.7. The lowest BCUT2D eigenvalue weighted by atomic mass is 9.99. The molecule has 0 aliphatic rings. The first-order valence-electron chi connectivity index (χ1n) is 47.0. The molecule has 15 aromatic carbocycles. The molecule has 0 radical (unpaired) electrons. The van der Waals surface area contributed by atoms with E-state index in [0.29, 0.717) is 41.0 Å². The molecule has 0 atom stereocenters. The number of para-hydroxylation sites is 3. The molecular weight excluding hydrogens is 1750 g/mol. The van der Waals surface area contributed by atoms with Gasteiger partial charge in [0.15, 0.2) is 29.1 Å². The minimum atomic E-state index is 0.532. The predicted molar refractivity (Wildman–Crippen MR) is 572 cm³/mol. The van der Waals surface area contributed by atoms with E-state index in [2.05, 4.69) is 288 Å². The average molecular weight is 1820 g/mol. The monoisotopic (exact) mass is 1820 g/mol. The molecule has 0 spiro atoms. The minimum Gasteiger partial charge on any atom is -0.351 e. The molecule has 15 heterocycles. The summed E-state index contributed by atoms with van der Waals surface area (Å²) in [6.45, 7) is 0. The SMILES string of the molecule is c1ccc(-c2nc(-c3ccccc3)nc(-c3cccc(-n4c5cnccc5c5c6ccccc6c6c7ccncc7n(-c7ccccc7)c6c54)c3)n2)cc1.c1ccc(-c2nc(-c3ccccc3)nc(-n3c4cnccc4c4c5ccccc5c5c6ccncc6[nH]c5c43)n2)cc1.c1ccc(-c2nc(-n3c4cnccc4c4c5ccccc5c5c6ccncc6n(-c6ccccc6)c5c43)nc3ccccc23)cc1. The molecular formula is C122H74N20. The highest BCUT2D eigenvalue weighted by atomic mass is 15.2. The van der Waals surface area contributed by atoms with Crippen molar-refractivity contribution in [2.75, 3.05) is 0 Å². The van der Waals surface area contributed by atoms with E-state index >= 15 is 0 Å². The maximum absolute atomic E-state index is 5.36. The van der Waals surface area contributed by atoms with Gasteiger partial charge in [0.2, 0.25) is 11.9 Å². The van der Waals surface area contributed by atoms with Gasteiger partial charge in [-0.25, -0.2) is 29.9 Å². The third-order valence-corrected chi connectivity index (χ3v) is 27.4. The number of aromatic nitrogens is 20. The molecule has 0 saturated carbocycles. The van der Waals surface area contributed by atoms with E-state index < -0.39 is 0 Å². The normalized spacial score (nSPS) is 11.8. The lowest BCUT2D eigenvalue weighted by Crippen LogP contribution is -2.06. The van der Waals surface area contributed by atoms with Crippen LogP contribution in [0.2, 0.25) is 0 Å². The molecule has 0 aliphatic heterocycles. The summed E-state index contributed by atoms with van der Waals surface area (Å²) in [5.41, 5.74) is 22.8. The third-order valence-electron chi connectivity index (χ3n) is 27.4. The number of nitrogens with one attached hydrogen (secondary N) is 1. The number of aromatic amines is 1. The molecule has 0 saturated heterocycles. The van der Waals surface area contributed by atoms with E-state index in [9.17, 15) is 0 Å². The second-order valence-electron chi connectivity index (χ2n) is 35.2. The van der Waals surface area contributed by atoms with Gasteiger partial charge < -0.3 is 18.7 Å². The summed E-state index contributed by atoms with van der Waals surface area (Å²) in [5, 5.41) is 21.8. The van der Waals surface area contributed by atoms with E-state index in [-0.39, 0.29) is 0 Å². The molecule has 662 valence electrons. The Morgan fingerprint density at radius 1 is 0.183 bits per heavy atom. The first-order valence-corrected chi connectivity index (χ1v) is 47.0.